The van der Waals surface area contributed by atoms with Crippen molar-refractivity contribution in [2.45, 2.75) is 39.2 Å². The molecule has 1 heterocycles. The second kappa shape index (κ2) is 6.99. The molecule has 1 aromatic rings. The van der Waals surface area contributed by atoms with E-state index in [9.17, 15) is 0 Å². The summed E-state index contributed by atoms with van der Waals surface area (Å²) in [4.78, 5) is 0. The third-order valence-corrected chi connectivity index (χ3v) is 3.23. The fourth-order valence-corrected chi connectivity index (χ4v) is 2.14. The second-order valence-electron chi connectivity index (χ2n) is 4.13. The van der Waals surface area contributed by atoms with Crippen LogP contribution in [0.5, 0.6) is 0 Å². The first kappa shape index (κ1) is 14.5. The minimum absolute atomic E-state index is 0.0687. The summed E-state index contributed by atoms with van der Waals surface area (Å²) in [7, 11) is 1.91. The van der Waals surface area contributed by atoms with E-state index in [0.717, 1.165) is 42.3 Å². The third-order valence-electron chi connectivity index (χ3n) is 2.80. The van der Waals surface area contributed by atoms with Gasteiger partial charge in [-0.3, -0.25) is 4.68 Å². The highest BCUT2D eigenvalue weighted by atomic mass is 35.5. The van der Waals surface area contributed by atoms with Gasteiger partial charge in [-0.2, -0.15) is 5.10 Å². The molecule has 0 saturated heterocycles. The molecule has 2 N–H and O–H groups in total. The molecule has 1 aromatic heterocycles. The average molecular weight is 260 g/mol. The van der Waals surface area contributed by atoms with Gasteiger partial charge in [-0.15, -0.1) is 0 Å². The number of nitrogens with two attached hydrogens (primary N) is 1. The number of hydrogen-bond acceptors (Lipinski definition) is 3. The molecule has 0 spiro atoms. The number of aromatic nitrogens is 2. The van der Waals surface area contributed by atoms with Crippen LogP contribution in [0.15, 0.2) is 0 Å². The Labute approximate surface area is 108 Å². The molecule has 0 bridgehead atoms. The molecule has 0 radical (unpaired) electrons. The van der Waals surface area contributed by atoms with E-state index < -0.39 is 0 Å². The van der Waals surface area contributed by atoms with Gasteiger partial charge in [-0.25, -0.2) is 0 Å². The van der Waals surface area contributed by atoms with Crippen LogP contribution in [-0.4, -0.2) is 29.0 Å². The standard InChI is InChI=1S/C12H22ClN3O/c1-4-10-12(13)11(16(3)15-10)8-9(14)6-7-17-5-2/h9H,4-8,14H2,1-3H3. The smallest absolute Gasteiger partial charge is 0.0850 e. The van der Waals surface area contributed by atoms with Gasteiger partial charge in [-0.05, 0) is 19.8 Å². The van der Waals surface area contributed by atoms with Crippen LogP contribution in [0.25, 0.3) is 0 Å². The SMILES string of the molecule is CCOCCC(N)Cc1c(Cl)c(CC)nn1C. The molecule has 0 fully saturated rings. The van der Waals surface area contributed by atoms with Gasteiger partial charge in [0.1, 0.15) is 0 Å². The summed E-state index contributed by atoms with van der Waals surface area (Å²) in [6.07, 6.45) is 2.44. The molecule has 0 amide bonds. The van der Waals surface area contributed by atoms with E-state index in [1.54, 1.807) is 0 Å². The lowest BCUT2D eigenvalue weighted by molar-refractivity contribution is 0.139. The van der Waals surface area contributed by atoms with Gasteiger partial charge in [0.15, 0.2) is 0 Å². The summed E-state index contributed by atoms with van der Waals surface area (Å²) >= 11 is 6.27. The van der Waals surface area contributed by atoms with Crippen molar-refractivity contribution in [1.82, 2.24) is 9.78 Å². The molecular weight excluding hydrogens is 238 g/mol. The lowest BCUT2D eigenvalue weighted by Crippen LogP contribution is -2.26. The van der Waals surface area contributed by atoms with E-state index in [1.165, 1.54) is 0 Å². The highest BCUT2D eigenvalue weighted by Crippen LogP contribution is 2.22. The number of rotatable bonds is 7. The Bertz CT molecular complexity index is 352. The van der Waals surface area contributed by atoms with Crippen LogP contribution in [0, 0.1) is 0 Å². The Balaban J connectivity index is 2.58. The maximum absolute atomic E-state index is 6.27. The molecule has 17 heavy (non-hydrogen) atoms. The first-order valence-electron chi connectivity index (χ1n) is 6.13. The van der Waals surface area contributed by atoms with Crippen LogP contribution in [0.3, 0.4) is 0 Å². The van der Waals surface area contributed by atoms with Crippen LogP contribution in [0.4, 0.5) is 0 Å². The van der Waals surface area contributed by atoms with Crippen molar-refractivity contribution in [3.63, 3.8) is 0 Å². The number of halogens is 1. The maximum Gasteiger partial charge on any atom is 0.0850 e. The Hall–Kier alpha value is -0.580. The van der Waals surface area contributed by atoms with E-state index in [2.05, 4.69) is 5.10 Å². The topological polar surface area (TPSA) is 53.1 Å². The Morgan fingerprint density at radius 2 is 2.18 bits per heavy atom. The van der Waals surface area contributed by atoms with E-state index in [4.69, 9.17) is 22.1 Å². The zero-order valence-corrected chi connectivity index (χ0v) is 11.6. The molecule has 5 heteroatoms. The van der Waals surface area contributed by atoms with Crippen LogP contribution in [0.2, 0.25) is 5.02 Å². The number of aryl methyl sites for hydroxylation is 2. The van der Waals surface area contributed by atoms with Crippen LogP contribution in [-0.2, 0) is 24.6 Å². The first-order valence-corrected chi connectivity index (χ1v) is 6.51. The quantitative estimate of drug-likeness (QED) is 0.762. The summed E-state index contributed by atoms with van der Waals surface area (Å²) in [5.41, 5.74) is 8.02. The minimum Gasteiger partial charge on any atom is -0.382 e. The predicted octanol–water partition coefficient (Wildman–Crippen LogP) is 1.93. The summed E-state index contributed by atoms with van der Waals surface area (Å²) in [6, 6.07) is 0.0687. The molecule has 0 aliphatic carbocycles. The third kappa shape index (κ3) is 3.98. The maximum atomic E-state index is 6.27. The van der Waals surface area contributed by atoms with Gasteiger partial charge in [0, 0.05) is 32.7 Å². The molecule has 4 nitrogen and oxygen atoms in total. The Morgan fingerprint density at radius 1 is 1.47 bits per heavy atom. The van der Waals surface area contributed by atoms with Crippen molar-refractivity contribution < 1.29 is 4.74 Å². The molecule has 98 valence electrons. The Morgan fingerprint density at radius 3 is 2.71 bits per heavy atom. The molecule has 1 unspecified atom stereocenters. The van der Waals surface area contributed by atoms with Gasteiger partial charge in [0.25, 0.3) is 0 Å². The van der Waals surface area contributed by atoms with Gasteiger partial charge < -0.3 is 10.5 Å². The fourth-order valence-electron chi connectivity index (χ4n) is 1.77. The summed E-state index contributed by atoms with van der Waals surface area (Å²) in [6.45, 7) is 5.47. The highest BCUT2D eigenvalue weighted by molar-refractivity contribution is 6.31. The average Bonchev–Trinajstić information content (AvgIpc) is 2.57. The molecule has 0 aliphatic heterocycles. The number of hydrogen-bond donors (Lipinski definition) is 1. The normalized spacial score (nSPS) is 13.0. The van der Waals surface area contributed by atoms with E-state index in [-0.39, 0.29) is 6.04 Å². The molecule has 0 aliphatic rings. The van der Waals surface area contributed by atoms with Gasteiger partial charge in [0.05, 0.1) is 16.4 Å². The van der Waals surface area contributed by atoms with E-state index in [0.29, 0.717) is 6.61 Å². The molecule has 0 saturated carbocycles. The van der Waals surface area contributed by atoms with Crippen molar-refractivity contribution in [3.8, 4) is 0 Å². The molecular formula is C12H22ClN3O. The summed E-state index contributed by atoms with van der Waals surface area (Å²) in [5.74, 6) is 0. The van der Waals surface area contributed by atoms with Crippen LogP contribution < -0.4 is 5.73 Å². The monoisotopic (exact) mass is 259 g/mol. The van der Waals surface area contributed by atoms with E-state index in [1.807, 2.05) is 25.6 Å². The molecule has 0 aromatic carbocycles. The van der Waals surface area contributed by atoms with Crippen molar-refractivity contribution >= 4 is 11.6 Å². The van der Waals surface area contributed by atoms with Crippen molar-refractivity contribution in [1.29, 1.82) is 0 Å². The van der Waals surface area contributed by atoms with Crippen molar-refractivity contribution in [3.05, 3.63) is 16.4 Å². The fraction of sp³-hybridized carbons (Fsp3) is 0.750. The highest BCUT2D eigenvalue weighted by Gasteiger charge is 2.15. The Kier molecular flexibility index (Phi) is 5.95. The van der Waals surface area contributed by atoms with Gasteiger partial charge >= 0.3 is 0 Å². The number of nitrogens with zero attached hydrogens (tertiary/aromatic N) is 2. The second-order valence-corrected chi connectivity index (χ2v) is 4.51. The van der Waals surface area contributed by atoms with Crippen LogP contribution >= 0.6 is 11.6 Å². The zero-order chi connectivity index (χ0) is 12.8. The molecule has 1 atom stereocenters. The summed E-state index contributed by atoms with van der Waals surface area (Å²) < 4.78 is 7.13. The predicted molar refractivity (Wildman–Crippen MR) is 70.4 cm³/mol. The van der Waals surface area contributed by atoms with Crippen molar-refractivity contribution in [2.24, 2.45) is 12.8 Å². The largest absolute Gasteiger partial charge is 0.382 e. The zero-order valence-electron chi connectivity index (χ0n) is 10.9. The first-order chi connectivity index (χ1) is 8.10. The number of ether oxygens (including phenoxy) is 1. The van der Waals surface area contributed by atoms with Crippen LogP contribution in [0.1, 0.15) is 31.7 Å². The molecule has 1 rings (SSSR count). The minimum atomic E-state index is 0.0687. The summed E-state index contributed by atoms with van der Waals surface area (Å²) in [5, 5.41) is 5.14. The lowest BCUT2D eigenvalue weighted by Gasteiger charge is -2.11. The lowest BCUT2D eigenvalue weighted by atomic mass is 10.1. The van der Waals surface area contributed by atoms with Gasteiger partial charge in [0.2, 0.25) is 0 Å². The van der Waals surface area contributed by atoms with Crippen molar-refractivity contribution in [2.75, 3.05) is 13.2 Å². The van der Waals surface area contributed by atoms with Gasteiger partial charge in [-0.1, -0.05) is 18.5 Å². The van der Waals surface area contributed by atoms with E-state index >= 15 is 0 Å².